The average molecular weight is 292 g/mol. The van der Waals surface area contributed by atoms with E-state index in [4.69, 9.17) is 4.74 Å². The maximum Gasteiger partial charge on any atom is 0.404 e. The predicted octanol–water partition coefficient (Wildman–Crippen LogP) is 1.51. The van der Waals surface area contributed by atoms with Gasteiger partial charge < -0.3 is 14.9 Å². The van der Waals surface area contributed by atoms with Gasteiger partial charge in [-0.2, -0.15) is 4.68 Å². The summed E-state index contributed by atoms with van der Waals surface area (Å²) in [5.41, 5.74) is 0. The normalized spacial score (nSPS) is 10.5. The second-order valence-corrected chi connectivity index (χ2v) is 4.15. The van der Waals surface area contributed by atoms with E-state index in [1.165, 1.54) is 6.20 Å². The SMILES string of the molecule is CC(C)OC(=O)Cn1cc(Br)c([N+](=O)[O-])n1. The Kier molecular flexibility index (Phi) is 3.99. The quantitative estimate of drug-likeness (QED) is 0.477. The molecule has 0 atom stereocenters. The van der Waals surface area contributed by atoms with Crippen LogP contribution >= 0.6 is 15.9 Å². The number of rotatable bonds is 4. The Morgan fingerprint density at radius 3 is 2.81 bits per heavy atom. The molecule has 0 aliphatic heterocycles. The minimum absolute atomic E-state index is 0.148. The number of esters is 1. The molecule has 8 heteroatoms. The third-order valence-corrected chi connectivity index (χ3v) is 2.09. The number of carbonyl (C=O) groups is 1. The van der Waals surface area contributed by atoms with Crippen LogP contribution in [0.2, 0.25) is 0 Å². The number of carbonyl (C=O) groups excluding carboxylic acids is 1. The van der Waals surface area contributed by atoms with Gasteiger partial charge in [-0.3, -0.25) is 0 Å². The topological polar surface area (TPSA) is 87.3 Å². The van der Waals surface area contributed by atoms with Crippen molar-refractivity contribution in [3.8, 4) is 0 Å². The maximum atomic E-state index is 11.2. The lowest BCUT2D eigenvalue weighted by molar-refractivity contribution is -0.390. The van der Waals surface area contributed by atoms with Crippen LogP contribution < -0.4 is 0 Å². The molecule has 88 valence electrons. The first-order valence-electron chi connectivity index (χ1n) is 4.47. The number of ether oxygens (including phenoxy) is 1. The molecule has 1 rings (SSSR count). The zero-order chi connectivity index (χ0) is 12.3. The first-order valence-corrected chi connectivity index (χ1v) is 5.26. The van der Waals surface area contributed by atoms with Crippen molar-refractivity contribution in [1.29, 1.82) is 0 Å². The Hall–Kier alpha value is -1.44. The highest BCUT2D eigenvalue weighted by Crippen LogP contribution is 2.21. The highest BCUT2D eigenvalue weighted by Gasteiger charge is 2.20. The lowest BCUT2D eigenvalue weighted by Gasteiger charge is -2.05. The van der Waals surface area contributed by atoms with Crippen LogP contribution in [0.25, 0.3) is 0 Å². The summed E-state index contributed by atoms with van der Waals surface area (Å²) in [5.74, 6) is -0.808. The second-order valence-electron chi connectivity index (χ2n) is 3.29. The van der Waals surface area contributed by atoms with E-state index < -0.39 is 10.9 Å². The molecule has 0 aliphatic rings. The predicted molar refractivity (Wildman–Crippen MR) is 57.8 cm³/mol. The molecule has 0 saturated heterocycles. The van der Waals surface area contributed by atoms with Crippen molar-refractivity contribution >= 4 is 27.7 Å². The highest BCUT2D eigenvalue weighted by molar-refractivity contribution is 9.10. The van der Waals surface area contributed by atoms with Crippen molar-refractivity contribution in [2.75, 3.05) is 0 Å². The van der Waals surface area contributed by atoms with E-state index in [1.807, 2.05) is 0 Å². The molecule has 0 bridgehead atoms. The van der Waals surface area contributed by atoms with E-state index in [0.717, 1.165) is 4.68 Å². The van der Waals surface area contributed by atoms with E-state index >= 15 is 0 Å². The highest BCUT2D eigenvalue weighted by atomic mass is 79.9. The summed E-state index contributed by atoms with van der Waals surface area (Å²) < 4.78 is 6.27. The number of nitrogens with zero attached hydrogens (tertiary/aromatic N) is 3. The summed E-state index contributed by atoms with van der Waals surface area (Å²) in [6.07, 6.45) is 1.14. The van der Waals surface area contributed by atoms with Gasteiger partial charge in [-0.1, -0.05) is 0 Å². The van der Waals surface area contributed by atoms with Crippen molar-refractivity contribution < 1.29 is 14.5 Å². The van der Waals surface area contributed by atoms with Crippen LogP contribution in [-0.2, 0) is 16.1 Å². The summed E-state index contributed by atoms with van der Waals surface area (Å²) in [6.45, 7) is 3.29. The molecule has 0 aromatic carbocycles. The Labute approximate surface area is 99.7 Å². The number of nitro groups is 1. The van der Waals surface area contributed by atoms with Crippen molar-refractivity contribution in [2.45, 2.75) is 26.5 Å². The average Bonchev–Trinajstić information content (AvgIpc) is 2.44. The van der Waals surface area contributed by atoms with Crippen molar-refractivity contribution in [3.63, 3.8) is 0 Å². The van der Waals surface area contributed by atoms with Gasteiger partial charge in [-0.15, -0.1) is 0 Å². The largest absolute Gasteiger partial charge is 0.462 e. The first-order chi connectivity index (χ1) is 7.40. The standard InChI is InChI=1S/C8H10BrN3O4/c1-5(2)16-7(13)4-11-3-6(9)8(10-11)12(14)15/h3,5H,4H2,1-2H3. The molecule has 1 aromatic rings. The molecule has 0 N–H and O–H groups in total. The van der Waals surface area contributed by atoms with Crippen LogP contribution in [0, 0.1) is 10.1 Å². The fourth-order valence-electron chi connectivity index (χ4n) is 1.02. The van der Waals surface area contributed by atoms with Crippen molar-refractivity contribution in [1.82, 2.24) is 9.78 Å². The number of hydrogen-bond donors (Lipinski definition) is 0. The fourth-order valence-corrected chi connectivity index (χ4v) is 1.48. The fraction of sp³-hybridized carbons (Fsp3) is 0.500. The van der Waals surface area contributed by atoms with Crippen molar-refractivity contribution in [2.24, 2.45) is 0 Å². The van der Waals surface area contributed by atoms with E-state index in [-0.39, 0.29) is 22.9 Å². The van der Waals surface area contributed by atoms with Crippen LogP contribution in [0.5, 0.6) is 0 Å². The van der Waals surface area contributed by atoms with Gasteiger partial charge in [0, 0.05) is 0 Å². The molecule has 0 saturated carbocycles. The molecule has 1 aromatic heterocycles. The van der Waals surface area contributed by atoms with Crippen LogP contribution in [0.1, 0.15) is 13.8 Å². The van der Waals surface area contributed by atoms with E-state index in [9.17, 15) is 14.9 Å². The molecular formula is C8H10BrN3O4. The van der Waals surface area contributed by atoms with Gasteiger partial charge in [-0.25, -0.2) is 4.79 Å². The van der Waals surface area contributed by atoms with Gasteiger partial charge in [0.1, 0.15) is 4.47 Å². The number of halogens is 1. The van der Waals surface area contributed by atoms with E-state index in [1.54, 1.807) is 13.8 Å². The van der Waals surface area contributed by atoms with Gasteiger partial charge in [0.2, 0.25) is 0 Å². The van der Waals surface area contributed by atoms with Crippen LogP contribution in [0.4, 0.5) is 5.82 Å². The van der Waals surface area contributed by atoms with Crippen LogP contribution in [-0.4, -0.2) is 26.8 Å². The van der Waals surface area contributed by atoms with Crippen molar-refractivity contribution in [3.05, 3.63) is 20.8 Å². The molecule has 0 fully saturated rings. The molecular weight excluding hydrogens is 282 g/mol. The third kappa shape index (κ3) is 3.30. The zero-order valence-electron chi connectivity index (χ0n) is 8.71. The lowest BCUT2D eigenvalue weighted by atomic mass is 10.5. The Balaban J connectivity index is 2.72. The Morgan fingerprint density at radius 1 is 1.75 bits per heavy atom. The van der Waals surface area contributed by atoms with Crippen LogP contribution in [0.15, 0.2) is 10.7 Å². The van der Waals surface area contributed by atoms with E-state index in [2.05, 4.69) is 21.0 Å². The maximum absolute atomic E-state index is 11.2. The van der Waals surface area contributed by atoms with E-state index in [0.29, 0.717) is 0 Å². The Bertz CT molecular complexity index is 415. The monoisotopic (exact) mass is 291 g/mol. The molecule has 0 unspecified atom stereocenters. The Morgan fingerprint density at radius 2 is 2.38 bits per heavy atom. The summed E-state index contributed by atoms with van der Waals surface area (Å²) in [4.78, 5) is 21.1. The van der Waals surface area contributed by atoms with Gasteiger partial charge in [0.15, 0.2) is 6.54 Å². The van der Waals surface area contributed by atoms with Gasteiger partial charge in [0.25, 0.3) is 0 Å². The summed E-state index contributed by atoms with van der Waals surface area (Å²) in [6, 6.07) is 0. The first kappa shape index (κ1) is 12.6. The molecule has 0 spiro atoms. The van der Waals surface area contributed by atoms with Gasteiger partial charge in [0.05, 0.1) is 17.4 Å². The minimum atomic E-state index is -0.631. The van der Waals surface area contributed by atoms with Gasteiger partial charge in [-0.05, 0) is 34.7 Å². The summed E-state index contributed by atoms with van der Waals surface area (Å²) >= 11 is 2.98. The number of hydrogen-bond acceptors (Lipinski definition) is 5. The van der Waals surface area contributed by atoms with Gasteiger partial charge >= 0.3 is 11.8 Å². The molecule has 0 aliphatic carbocycles. The molecule has 7 nitrogen and oxygen atoms in total. The molecule has 16 heavy (non-hydrogen) atoms. The number of aromatic nitrogens is 2. The molecule has 1 heterocycles. The van der Waals surface area contributed by atoms with Crippen LogP contribution in [0.3, 0.4) is 0 Å². The molecule has 0 radical (unpaired) electrons. The summed E-state index contributed by atoms with van der Waals surface area (Å²) in [7, 11) is 0. The second kappa shape index (κ2) is 5.06. The molecule has 0 amide bonds. The summed E-state index contributed by atoms with van der Waals surface area (Å²) in [5, 5.41) is 14.1. The lowest BCUT2D eigenvalue weighted by Crippen LogP contribution is -2.17. The minimum Gasteiger partial charge on any atom is -0.462 e. The zero-order valence-corrected chi connectivity index (χ0v) is 10.3. The smallest absolute Gasteiger partial charge is 0.404 e. The third-order valence-electron chi connectivity index (χ3n) is 1.53.